The van der Waals surface area contributed by atoms with E-state index >= 15 is 0 Å². The molecule has 1 aromatic rings. The molecule has 1 aliphatic rings. The summed E-state index contributed by atoms with van der Waals surface area (Å²) in [5, 5.41) is 3.52. The molecule has 1 saturated heterocycles. The zero-order chi connectivity index (χ0) is 15.5. The van der Waals surface area contributed by atoms with E-state index in [-0.39, 0.29) is 12.1 Å². The van der Waals surface area contributed by atoms with Crippen molar-refractivity contribution < 1.29 is 13.9 Å². The molecule has 1 N–H and O–H groups in total. The molecule has 2 unspecified atom stereocenters. The normalized spacial score (nSPS) is 23.1. The summed E-state index contributed by atoms with van der Waals surface area (Å²) in [6.07, 6.45) is 5.12. The Morgan fingerprint density at radius 1 is 1.52 bits per heavy atom. The van der Waals surface area contributed by atoms with Crippen molar-refractivity contribution in [1.82, 2.24) is 10.2 Å². The Labute approximate surface area is 126 Å². The van der Waals surface area contributed by atoms with Crippen LogP contribution in [0.25, 0.3) is 0 Å². The quantitative estimate of drug-likeness (QED) is 0.930. The van der Waals surface area contributed by atoms with E-state index in [0.717, 1.165) is 31.5 Å². The van der Waals surface area contributed by atoms with Gasteiger partial charge in [0.05, 0.1) is 12.5 Å². The van der Waals surface area contributed by atoms with Gasteiger partial charge >= 0.3 is 6.09 Å². The molecule has 21 heavy (non-hydrogen) atoms. The topological polar surface area (TPSA) is 54.7 Å². The molecule has 2 heterocycles. The van der Waals surface area contributed by atoms with E-state index in [1.807, 2.05) is 31.7 Å². The minimum absolute atomic E-state index is 0.190. The summed E-state index contributed by atoms with van der Waals surface area (Å²) in [5.74, 6) is 0. The Balaban J connectivity index is 1.80. The molecule has 1 fully saturated rings. The second kappa shape index (κ2) is 6.52. The lowest BCUT2D eigenvalue weighted by Crippen LogP contribution is -2.50. The molecule has 0 aromatic carbocycles. The highest BCUT2D eigenvalue weighted by atomic mass is 16.6. The van der Waals surface area contributed by atoms with Crippen molar-refractivity contribution >= 4 is 6.09 Å². The fourth-order valence-electron chi connectivity index (χ4n) is 2.60. The highest BCUT2D eigenvalue weighted by molar-refractivity contribution is 5.68. The maximum atomic E-state index is 12.1. The van der Waals surface area contributed by atoms with Gasteiger partial charge in [0.2, 0.25) is 0 Å². The van der Waals surface area contributed by atoms with Crippen LogP contribution in [-0.4, -0.2) is 35.2 Å². The van der Waals surface area contributed by atoms with Gasteiger partial charge < -0.3 is 19.4 Å². The van der Waals surface area contributed by atoms with Gasteiger partial charge in [0.25, 0.3) is 0 Å². The molecule has 1 aromatic heterocycles. The predicted molar refractivity (Wildman–Crippen MR) is 81.0 cm³/mol. The van der Waals surface area contributed by atoms with Gasteiger partial charge in [0.15, 0.2) is 0 Å². The van der Waals surface area contributed by atoms with Gasteiger partial charge in [-0.05, 0) is 46.6 Å². The van der Waals surface area contributed by atoms with Crippen LogP contribution in [0.4, 0.5) is 4.79 Å². The van der Waals surface area contributed by atoms with E-state index in [4.69, 9.17) is 9.15 Å². The highest BCUT2D eigenvalue weighted by Crippen LogP contribution is 2.21. The van der Waals surface area contributed by atoms with Crippen LogP contribution in [0.3, 0.4) is 0 Å². The molecule has 5 heteroatoms. The van der Waals surface area contributed by atoms with E-state index in [2.05, 4.69) is 12.2 Å². The fraction of sp³-hybridized carbons (Fsp3) is 0.688. The van der Waals surface area contributed by atoms with Crippen molar-refractivity contribution in [3.63, 3.8) is 0 Å². The number of nitrogens with one attached hydrogen (secondary N) is 1. The molecule has 2 atom stereocenters. The third kappa shape index (κ3) is 4.77. The largest absolute Gasteiger partial charge is 0.472 e. The first-order valence-electron chi connectivity index (χ1n) is 7.59. The van der Waals surface area contributed by atoms with Gasteiger partial charge in [-0.3, -0.25) is 0 Å². The number of amides is 1. The Kier molecular flexibility index (Phi) is 4.93. The molecule has 0 bridgehead atoms. The molecule has 118 valence electrons. The van der Waals surface area contributed by atoms with Gasteiger partial charge in [-0.1, -0.05) is 0 Å². The molecule has 0 saturated carbocycles. The lowest BCUT2D eigenvalue weighted by molar-refractivity contribution is 0.00932. The standard InChI is InChI=1S/C16H26N2O3/c1-12-9-14(17-10-13-6-8-20-11-13)5-7-18(12)15(19)21-16(2,3)4/h6,8,11-12,14,17H,5,7,9-10H2,1-4H3. The molecule has 1 aliphatic heterocycles. The van der Waals surface area contributed by atoms with Crippen molar-refractivity contribution in [2.45, 2.75) is 64.8 Å². The predicted octanol–water partition coefficient (Wildman–Crippen LogP) is 3.16. The van der Waals surface area contributed by atoms with E-state index in [0.29, 0.717) is 6.04 Å². The van der Waals surface area contributed by atoms with Crippen LogP contribution < -0.4 is 5.32 Å². The summed E-state index contributed by atoms with van der Waals surface area (Å²) in [5.41, 5.74) is 0.713. The number of likely N-dealkylation sites (tertiary alicyclic amines) is 1. The number of rotatable bonds is 3. The number of furan rings is 1. The Hall–Kier alpha value is -1.49. The van der Waals surface area contributed by atoms with Crippen LogP contribution >= 0.6 is 0 Å². The van der Waals surface area contributed by atoms with Crippen molar-refractivity contribution in [2.75, 3.05) is 6.54 Å². The fourth-order valence-corrected chi connectivity index (χ4v) is 2.60. The van der Waals surface area contributed by atoms with Gasteiger partial charge in [-0.15, -0.1) is 0 Å². The third-order valence-corrected chi connectivity index (χ3v) is 3.68. The average molecular weight is 294 g/mol. The Morgan fingerprint density at radius 3 is 2.86 bits per heavy atom. The molecule has 2 rings (SSSR count). The summed E-state index contributed by atoms with van der Waals surface area (Å²) in [6.45, 7) is 9.31. The second-order valence-electron chi connectivity index (χ2n) is 6.76. The molecular weight excluding hydrogens is 268 g/mol. The summed E-state index contributed by atoms with van der Waals surface area (Å²) in [6, 6.07) is 2.58. The second-order valence-corrected chi connectivity index (χ2v) is 6.76. The van der Waals surface area contributed by atoms with Crippen molar-refractivity contribution in [3.05, 3.63) is 24.2 Å². The van der Waals surface area contributed by atoms with E-state index in [1.165, 1.54) is 0 Å². The molecule has 0 radical (unpaired) electrons. The number of hydrogen-bond donors (Lipinski definition) is 1. The first-order chi connectivity index (χ1) is 9.85. The lowest BCUT2D eigenvalue weighted by Gasteiger charge is -2.38. The molecule has 0 aliphatic carbocycles. The van der Waals surface area contributed by atoms with Crippen molar-refractivity contribution in [2.24, 2.45) is 0 Å². The van der Waals surface area contributed by atoms with Crippen LogP contribution in [0.5, 0.6) is 0 Å². The summed E-state index contributed by atoms with van der Waals surface area (Å²) in [7, 11) is 0. The maximum absolute atomic E-state index is 12.1. The minimum Gasteiger partial charge on any atom is -0.472 e. The molecule has 5 nitrogen and oxygen atoms in total. The number of piperidine rings is 1. The Morgan fingerprint density at radius 2 is 2.29 bits per heavy atom. The van der Waals surface area contributed by atoms with Crippen LogP contribution in [-0.2, 0) is 11.3 Å². The van der Waals surface area contributed by atoms with E-state index in [9.17, 15) is 4.79 Å². The summed E-state index contributed by atoms with van der Waals surface area (Å²) < 4.78 is 10.5. The van der Waals surface area contributed by atoms with E-state index < -0.39 is 5.60 Å². The lowest BCUT2D eigenvalue weighted by atomic mass is 9.98. The summed E-state index contributed by atoms with van der Waals surface area (Å²) in [4.78, 5) is 14.0. The molecule has 0 spiro atoms. The zero-order valence-electron chi connectivity index (χ0n) is 13.4. The average Bonchev–Trinajstić information content (AvgIpc) is 2.87. The highest BCUT2D eigenvalue weighted by Gasteiger charge is 2.31. The SMILES string of the molecule is CC1CC(NCc2ccoc2)CCN1C(=O)OC(C)(C)C. The number of carbonyl (C=O) groups excluding carboxylic acids is 1. The Bertz CT molecular complexity index is 451. The van der Waals surface area contributed by atoms with Gasteiger partial charge in [0, 0.05) is 30.7 Å². The number of carbonyl (C=O) groups is 1. The van der Waals surface area contributed by atoms with Gasteiger partial charge in [-0.2, -0.15) is 0 Å². The van der Waals surface area contributed by atoms with Gasteiger partial charge in [0.1, 0.15) is 5.60 Å². The maximum Gasteiger partial charge on any atom is 0.410 e. The van der Waals surface area contributed by atoms with Crippen LogP contribution in [0.15, 0.2) is 23.0 Å². The molecular formula is C16H26N2O3. The summed E-state index contributed by atoms with van der Waals surface area (Å²) >= 11 is 0. The van der Waals surface area contributed by atoms with Crippen LogP contribution in [0.1, 0.15) is 46.1 Å². The number of hydrogen-bond acceptors (Lipinski definition) is 4. The number of ether oxygens (including phenoxy) is 1. The zero-order valence-corrected chi connectivity index (χ0v) is 13.4. The smallest absolute Gasteiger partial charge is 0.410 e. The van der Waals surface area contributed by atoms with E-state index in [1.54, 1.807) is 12.5 Å². The van der Waals surface area contributed by atoms with Crippen LogP contribution in [0.2, 0.25) is 0 Å². The minimum atomic E-state index is -0.437. The van der Waals surface area contributed by atoms with Crippen molar-refractivity contribution in [3.8, 4) is 0 Å². The van der Waals surface area contributed by atoms with Gasteiger partial charge in [-0.25, -0.2) is 4.79 Å². The van der Waals surface area contributed by atoms with Crippen molar-refractivity contribution in [1.29, 1.82) is 0 Å². The molecule has 1 amide bonds. The monoisotopic (exact) mass is 294 g/mol. The first-order valence-corrected chi connectivity index (χ1v) is 7.59. The number of nitrogens with zero attached hydrogens (tertiary/aromatic N) is 1. The first kappa shape index (κ1) is 15.9. The third-order valence-electron chi connectivity index (χ3n) is 3.68. The van der Waals surface area contributed by atoms with Crippen LogP contribution in [0, 0.1) is 0 Å².